The number of para-hydroxylation sites is 1. The Morgan fingerprint density at radius 1 is 0.944 bits per heavy atom. The van der Waals surface area contributed by atoms with Gasteiger partial charge in [0.2, 0.25) is 0 Å². The number of fused-ring (bicyclic) bond motifs is 1. The Bertz CT molecular complexity index is 727. The Morgan fingerprint density at radius 3 is 2.56 bits per heavy atom. The van der Waals surface area contributed by atoms with Gasteiger partial charge in [-0.15, -0.1) is 10.2 Å². The highest BCUT2D eigenvalue weighted by atomic mass is 35.5. The van der Waals surface area contributed by atoms with Gasteiger partial charge in [0.05, 0.1) is 10.5 Å². The van der Waals surface area contributed by atoms with E-state index in [1.165, 1.54) is 0 Å². The van der Waals surface area contributed by atoms with Crippen LogP contribution in [-0.4, -0.2) is 15.2 Å². The molecular weight excluding hydrogens is 248 g/mol. The van der Waals surface area contributed by atoms with Crippen molar-refractivity contribution in [1.82, 2.24) is 15.2 Å². The molecule has 2 aromatic carbocycles. The number of nitrogen functional groups attached to an aromatic ring is 1. The minimum atomic E-state index is 0.478. The van der Waals surface area contributed by atoms with Crippen molar-refractivity contribution in [3.63, 3.8) is 0 Å². The average molecular weight is 257 g/mol. The summed E-state index contributed by atoms with van der Waals surface area (Å²) in [4.78, 5) is 4.43. The van der Waals surface area contributed by atoms with Crippen LogP contribution in [0.3, 0.4) is 0 Å². The SMILES string of the molecule is Nc1ccc(Cl)c(-c2nnc3ccccc3n2)c1. The minimum Gasteiger partial charge on any atom is -0.399 e. The van der Waals surface area contributed by atoms with Crippen molar-refractivity contribution in [3.8, 4) is 11.4 Å². The molecule has 3 rings (SSSR count). The van der Waals surface area contributed by atoms with Gasteiger partial charge in [0, 0.05) is 11.3 Å². The molecular formula is C13H9ClN4. The van der Waals surface area contributed by atoms with Gasteiger partial charge in [-0.3, -0.25) is 0 Å². The Labute approximate surface area is 108 Å². The maximum absolute atomic E-state index is 6.12. The lowest BCUT2D eigenvalue weighted by molar-refractivity contribution is 1.03. The highest BCUT2D eigenvalue weighted by molar-refractivity contribution is 6.33. The first kappa shape index (κ1) is 10.9. The van der Waals surface area contributed by atoms with Gasteiger partial charge in [-0.25, -0.2) is 4.98 Å². The first-order valence-corrected chi connectivity index (χ1v) is 5.77. The molecule has 1 aromatic heterocycles. The number of nitrogens with two attached hydrogens (primary N) is 1. The summed E-state index contributed by atoms with van der Waals surface area (Å²) < 4.78 is 0. The minimum absolute atomic E-state index is 0.478. The molecule has 0 unspecified atom stereocenters. The van der Waals surface area contributed by atoms with Crippen LogP contribution in [0.4, 0.5) is 5.69 Å². The summed E-state index contributed by atoms with van der Waals surface area (Å²) in [5.41, 5.74) is 8.58. The molecule has 0 fully saturated rings. The summed E-state index contributed by atoms with van der Waals surface area (Å²) >= 11 is 6.12. The van der Waals surface area contributed by atoms with Crippen LogP contribution in [0.5, 0.6) is 0 Å². The van der Waals surface area contributed by atoms with Crippen molar-refractivity contribution >= 4 is 28.3 Å². The van der Waals surface area contributed by atoms with E-state index >= 15 is 0 Å². The van der Waals surface area contributed by atoms with Gasteiger partial charge in [0.15, 0.2) is 5.82 Å². The second-order valence-corrected chi connectivity index (χ2v) is 4.27. The van der Waals surface area contributed by atoms with E-state index in [0.717, 1.165) is 11.0 Å². The lowest BCUT2D eigenvalue weighted by atomic mass is 10.2. The molecule has 0 saturated heterocycles. The third-order valence-electron chi connectivity index (χ3n) is 2.59. The standard InChI is InChI=1S/C13H9ClN4/c14-10-6-5-8(15)7-9(10)13-16-11-3-1-2-4-12(11)17-18-13/h1-7H,15H2. The van der Waals surface area contributed by atoms with Crippen molar-refractivity contribution in [3.05, 3.63) is 47.5 Å². The summed E-state index contributed by atoms with van der Waals surface area (Å²) in [5, 5.41) is 8.75. The van der Waals surface area contributed by atoms with E-state index in [1.54, 1.807) is 18.2 Å². The van der Waals surface area contributed by atoms with Gasteiger partial charge in [0.25, 0.3) is 0 Å². The van der Waals surface area contributed by atoms with Gasteiger partial charge >= 0.3 is 0 Å². The van der Waals surface area contributed by atoms with Crippen molar-refractivity contribution in [2.45, 2.75) is 0 Å². The highest BCUT2D eigenvalue weighted by Crippen LogP contribution is 2.27. The maximum Gasteiger partial charge on any atom is 0.183 e. The first-order chi connectivity index (χ1) is 8.74. The number of hydrogen-bond donors (Lipinski definition) is 1. The van der Waals surface area contributed by atoms with E-state index in [1.807, 2.05) is 24.3 Å². The molecule has 0 amide bonds. The number of benzene rings is 2. The molecule has 0 spiro atoms. The maximum atomic E-state index is 6.12. The second-order valence-electron chi connectivity index (χ2n) is 3.86. The second kappa shape index (κ2) is 4.23. The van der Waals surface area contributed by atoms with E-state index < -0.39 is 0 Å². The topological polar surface area (TPSA) is 64.7 Å². The number of nitrogens with zero attached hydrogens (tertiary/aromatic N) is 3. The predicted molar refractivity (Wildman–Crippen MR) is 72.2 cm³/mol. The van der Waals surface area contributed by atoms with Crippen molar-refractivity contribution < 1.29 is 0 Å². The number of halogens is 1. The molecule has 1 heterocycles. The van der Waals surface area contributed by atoms with Crippen LogP contribution in [0.15, 0.2) is 42.5 Å². The third-order valence-corrected chi connectivity index (χ3v) is 2.92. The highest BCUT2D eigenvalue weighted by Gasteiger charge is 2.08. The van der Waals surface area contributed by atoms with Gasteiger partial charge in [-0.1, -0.05) is 23.7 Å². The third kappa shape index (κ3) is 1.87. The lowest BCUT2D eigenvalue weighted by Crippen LogP contribution is -1.95. The summed E-state index contributed by atoms with van der Waals surface area (Å²) in [6.45, 7) is 0. The molecule has 0 aliphatic carbocycles. The number of rotatable bonds is 1. The zero-order valence-corrected chi connectivity index (χ0v) is 10.1. The Morgan fingerprint density at radius 2 is 1.72 bits per heavy atom. The fourth-order valence-corrected chi connectivity index (χ4v) is 1.91. The van der Waals surface area contributed by atoms with Crippen LogP contribution < -0.4 is 5.73 Å². The zero-order valence-electron chi connectivity index (χ0n) is 9.34. The fraction of sp³-hybridized carbons (Fsp3) is 0. The molecule has 3 aromatic rings. The Balaban J connectivity index is 2.22. The van der Waals surface area contributed by atoms with E-state index in [4.69, 9.17) is 17.3 Å². The number of aromatic nitrogens is 3. The van der Waals surface area contributed by atoms with Crippen molar-refractivity contribution in [2.75, 3.05) is 5.73 Å². The fourth-order valence-electron chi connectivity index (χ4n) is 1.71. The molecule has 0 radical (unpaired) electrons. The largest absolute Gasteiger partial charge is 0.399 e. The molecule has 0 aliphatic heterocycles. The van der Waals surface area contributed by atoms with Gasteiger partial charge in [0.1, 0.15) is 5.52 Å². The van der Waals surface area contributed by atoms with Crippen LogP contribution in [-0.2, 0) is 0 Å². The molecule has 5 heteroatoms. The summed E-state index contributed by atoms with van der Waals surface area (Å²) in [6, 6.07) is 12.8. The van der Waals surface area contributed by atoms with E-state index in [2.05, 4.69) is 15.2 Å². The Hall–Kier alpha value is -2.20. The van der Waals surface area contributed by atoms with Crippen LogP contribution in [0.1, 0.15) is 0 Å². The summed E-state index contributed by atoms with van der Waals surface area (Å²) in [5.74, 6) is 0.478. The number of anilines is 1. The quantitative estimate of drug-likeness (QED) is 0.680. The number of hydrogen-bond acceptors (Lipinski definition) is 4. The van der Waals surface area contributed by atoms with Crippen molar-refractivity contribution in [1.29, 1.82) is 0 Å². The van der Waals surface area contributed by atoms with E-state index in [9.17, 15) is 0 Å². The molecule has 88 valence electrons. The molecule has 0 saturated carbocycles. The lowest BCUT2D eigenvalue weighted by Gasteiger charge is -2.04. The predicted octanol–water partition coefficient (Wildman–Crippen LogP) is 2.93. The van der Waals surface area contributed by atoms with E-state index in [-0.39, 0.29) is 0 Å². The van der Waals surface area contributed by atoms with Gasteiger partial charge in [-0.05, 0) is 30.3 Å². The first-order valence-electron chi connectivity index (χ1n) is 5.39. The Kier molecular flexibility index (Phi) is 2.57. The normalized spacial score (nSPS) is 10.7. The van der Waals surface area contributed by atoms with Crippen LogP contribution >= 0.6 is 11.6 Å². The summed E-state index contributed by atoms with van der Waals surface area (Å²) in [6.07, 6.45) is 0. The molecule has 18 heavy (non-hydrogen) atoms. The van der Waals surface area contributed by atoms with Gasteiger partial charge < -0.3 is 5.73 Å². The average Bonchev–Trinajstić information content (AvgIpc) is 2.41. The monoisotopic (exact) mass is 256 g/mol. The smallest absolute Gasteiger partial charge is 0.183 e. The molecule has 2 N–H and O–H groups in total. The molecule has 0 bridgehead atoms. The zero-order chi connectivity index (χ0) is 12.5. The molecule has 0 atom stereocenters. The van der Waals surface area contributed by atoms with Crippen LogP contribution in [0, 0.1) is 0 Å². The molecule has 0 aliphatic rings. The van der Waals surface area contributed by atoms with E-state index in [0.29, 0.717) is 22.1 Å². The summed E-state index contributed by atoms with van der Waals surface area (Å²) in [7, 11) is 0. The van der Waals surface area contributed by atoms with Crippen molar-refractivity contribution in [2.24, 2.45) is 0 Å². The van der Waals surface area contributed by atoms with Crippen LogP contribution in [0.2, 0.25) is 5.02 Å². The van der Waals surface area contributed by atoms with Gasteiger partial charge in [-0.2, -0.15) is 0 Å². The molecule has 4 nitrogen and oxygen atoms in total. The van der Waals surface area contributed by atoms with Crippen LogP contribution in [0.25, 0.3) is 22.4 Å².